The van der Waals surface area contributed by atoms with Crippen molar-refractivity contribution in [3.05, 3.63) is 68.1 Å². The smallest absolute Gasteiger partial charge is 0.268 e. The summed E-state index contributed by atoms with van der Waals surface area (Å²) in [4.78, 5) is 26.0. The average molecular weight is 387 g/mol. The maximum atomic E-state index is 12.7. The first-order chi connectivity index (χ1) is 10.9. The lowest BCUT2D eigenvalue weighted by Gasteiger charge is -2.15. The normalized spacial score (nSPS) is 14.9. The second kappa shape index (κ2) is 6.17. The molecule has 1 aliphatic heterocycles. The largest absolute Gasteiger partial charge is 0.277 e. The Kier molecular flexibility index (Phi) is 4.39. The molecule has 0 saturated carbocycles. The number of carbonyl (C=O) groups is 2. The molecule has 1 heterocycles. The first-order valence-electron chi connectivity index (χ1n) is 6.39. The number of nitrogens with zero attached hydrogens (tertiary/aromatic N) is 1. The molecule has 0 unspecified atom stereocenters. The fraction of sp³-hybridized carbons (Fsp3) is 0. The molecule has 0 saturated heterocycles. The van der Waals surface area contributed by atoms with Gasteiger partial charge in [-0.15, -0.1) is 0 Å². The number of anilines is 1. The van der Waals surface area contributed by atoms with Gasteiger partial charge in [-0.1, -0.05) is 58.5 Å². The second-order valence-corrected chi connectivity index (χ2v) is 6.37. The molecule has 0 aromatic heterocycles. The van der Waals surface area contributed by atoms with Crippen molar-refractivity contribution in [3.63, 3.8) is 0 Å². The fourth-order valence-corrected chi connectivity index (χ4v) is 2.92. The van der Waals surface area contributed by atoms with Crippen LogP contribution in [0.2, 0.25) is 15.1 Å². The van der Waals surface area contributed by atoms with Gasteiger partial charge in [0.1, 0.15) is 5.03 Å². The van der Waals surface area contributed by atoms with E-state index >= 15 is 0 Å². The van der Waals surface area contributed by atoms with Gasteiger partial charge in [0.25, 0.3) is 11.8 Å². The summed E-state index contributed by atoms with van der Waals surface area (Å²) in [5, 5.41) is 0.930. The van der Waals surface area contributed by atoms with Gasteiger partial charge in [0, 0.05) is 5.02 Å². The number of imide groups is 1. The number of carbonyl (C=O) groups excluding carboxylic acids is 2. The molecule has 3 nitrogen and oxygen atoms in total. The van der Waals surface area contributed by atoms with Gasteiger partial charge >= 0.3 is 0 Å². The molecule has 2 aromatic carbocycles. The maximum absolute atomic E-state index is 12.7. The molecular formula is C16H7Cl4NO2. The highest BCUT2D eigenvalue weighted by atomic mass is 35.5. The van der Waals surface area contributed by atoms with E-state index in [1.165, 1.54) is 18.2 Å². The molecule has 23 heavy (non-hydrogen) atoms. The van der Waals surface area contributed by atoms with Gasteiger partial charge in [0.05, 0.1) is 21.3 Å². The van der Waals surface area contributed by atoms with E-state index in [4.69, 9.17) is 46.4 Å². The number of hydrogen-bond donors (Lipinski definition) is 0. The topological polar surface area (TPSA) is 37.4 Å². The first-order valence-corrected chi connectivity index (χ1v) is 7.91. The lowest BCUT2D eigenvalue weighted by molar-refractivity contribution is -0.119. The van der Waals surface area contributed by atoms with Crippen LogP contribution in [0, 0.1) is 0 Å². The standard InChI is InChI=1S/C16H7Cl4NO2/c17-9-3-1-8(2-4-9)13-14(20)16(23)21(15(13)22)10-5-6-11(18)12(19)7-10/h1-7H. The van der Waals surface area contributed by atoms with Crippen LogP contribution < -0.4 is 4.90 Å². The van der Waals surface area contributed by atoms with Gasteiger partial charge in [-0.2, -0.15) is 0 Å². The number of halogens is 4. The molecule has 0 fully saturated rings. The van der Waals surface area contributed by atoms with E-state index in [1.54, 1.807) is 24.3 Å². The van der Waals surface area contributed by atoms with Gasteiger partial charge in [-0.25, -0.2) is 4.90 Å². The summed E-state index contributed by atoms with van der Waals surface area (Å²) in [6.07, 6.45) is 0. The van der Waals surface area contributed by atoms with Gasteiger partial charge < -0.3 is 0 Å². The lowest BCUT2D eigenvalue weighted by atomic mass is 10.1. The summed E-state index contributed by atoms with van der Waals surface area (Å²) in [6, 6.07) is 11.0. The molecule has 3 rings (SSSR count). The number of rotatable bonds is 2. The minimum atomic E-state index is -0.611. The highest BCUT2D eigenvalue weighted by molar-refractivity contribution is 6.60. The SMILES string of the molecule is O=C1C(Cl)=C(c2ccc(Cl)cc2)C(=O)N1c1ccc(Cl)c(Cl)c1. The molecule has 7 heteroatoms. The third-order valence-electron chi connectivity index (χ3n) is 3.32. The van der Waals surface area contributed by atoms with E-state index in [1.807, 2.05) is 0 Å². The van der Waals surface area contributed by atoms with Crippen LogP contribution in [0.1, 0.15) is 5.56 Å². The molecule has 0 radical (unpaired) electrons. The first kappa shape index (κ1) is 16.3. The van der Waals surface area contributed by atoms with Crippen LogP contribution in [-0.2, 0) is 9.59 Å². The molecule has 0 atom stereocenters. The van der Waals surface area contributed by atoms with Gasteiger partial charge in [-0.05, 0) is 35.9 Å². The van der Waals surface area contributed by atoms with Gasteiger partial charge in [0.2, 0.25) is 0 Å². The Morgan fingerprint density at radius 2 is 1.39 bits per heavy atom. The van der Waals surface area contributed by atoms with E-state index in [9.17, 15) is 9.59 Å². The molecule has 2 amide bonds. The second-order valence-electron chi connectivity index (χ2n) is 4.74. The predicted molar refractivity (Wildman–Crippen MR) is 93.2 cm³/mol. The molecule has 0 aliphatic carbocycles. The summed E-state index contributed by atoms with van der Waals surface area (Å²) >= 11 is 23.7. The zero-order chi connectivity index (χ0) is 16.7. The number of amides is 2. The number of benzene rings is 2. The molecule has 0 bridgehead atoms. The quantitative estimate of drug-likeness (QED) is 0.667. The lowest BCUT2D eigenvalue weighted by Crippen LogP contribution is -2.31. The molecular weight excluding hydrogens is 380 g/mol. The summed E-state index contributed by atoms with van der Waals surface area (Å²) in [5.74, 6) is -1.14. The van der Waals surface area contributed by atoms with Crippen molar-refractivity contribution in [1.29, 1.82) is 0 Å². The Morgan fingerprint density at radius 3 is 2.00 bits per heavy atom. The van der Waals surface area contributed by atoms with Crippen LogP contribution in [0.4, 0.5) is 5.69 Å². The van der Waals surface area contributed by atoms with Gasteiger partial charge in [0.15, 0.2) is 0 Å². The molecule has 2 aromatic rings. The minimum Gasteiger partial charge on any atom is -0.268 e. The van der Waals surface area contributed by atoms with Crippen LogP contribution in [0.25, 0.3) is 5.57 Å². The minimum absolute atomic E-state index is 0.124. The van der Waals surface area contributed by atoms with Crippen molar-refractivity contribution in [2.24, 2.45) is 0 Å². The van der Waals surface area contributed by atoms with Crippen molar-refractivity contribution in [3.8, 4) is 0 Å². The molecule has 0 spiro atoms. The Balaban J connectivity index is 2.05. The van der Waals surface area contributed by atoms with E-state index in [0.29, 0.717) is 21.3 Å². The van der Waals surface area contributed by atoms with E-state index < -0.39 is 11.8 Å². The van der Waals surface area contributed by atoms with E-state index in [0.717, 1.165) is 4.90 Å². The monoisotopic (exact) mass is 385 g/mol. The molecule has 1 aliphatic rings. The van der Waals surface area contributed by atoms with Crippen molar-refractivity contribution >= 4 is 69.5 Å². The van der Waals surface area contributed by atoms with Crippen molar-refractivity contribution in [2.45, 2.75) is 0 Å². The van der Waals surface area contributed by atoms with Crippen LogP contribution in [0.5, 0.6) is 0 Å². The summed E-state index contributed by atoms with van der Waals surface area (Å²) in [6.45, 7) is 0. The highest BCUT2D eigenvalue weighted by Crippen LogP contribution is 2.37. The Morgan fingerprint density at radius 1 is 0.739 bits per heavy atom. The summed E-state index contributed by atoms with van der Waals surface area (Å²) < 4.78 is 0. The zero-order valence-corrected chi connectivity index (χ0v) is 14.3. The van der Waals surface area contributed by atoms with Gasteiger partial charge in [-0.3, -0.25) is 9.59 Å². The van der Waals surface area contributed by atoms with Crippen molar-refractivity contribution in [1.82, 2.24) is 0 Å². The fourth-order valence-electron chi connectivity index (χ4n) is 2.23. The molecule has 116 valence electrons. The third kappa shape index (κ3) is 2.86. The van der Waals surface area contributed by atoms with E-state index in [2.05, 4.69) is 0 Å². The highest BCUT2D eigenvalue weighted by Gasteiger charge is 2.39. The molecule has 0 N–H and O–H groups in total. The van der Waals surface area contributed by atoms with Crippen LogP contribution in [0.15, 0.2) is 47.5 Å². The third-order valence-corrected chi connectivity index (χ3v) is 4.66. The zero-order valence-electron chi connectivity index (χ0n) is 11.3. The average Bonchev–Trinajstić information content (AvgIpc) is 2.74. The number of hydrogen-bond acceptors (Lipinski definition) is 2. The van der Waals surface area contributed by atoms with E-state index in [-0.39, 0.29) is 15.6 Å². The van der Waals surface area contributed by atoms with Crippen molar-refractivity contribution < 1.29 is 9.59 Å². The van der Waals surface area contributed by atoms with Crippen LogP contribution >= 0.6 is 46.4 Å². The Bertz CT molecular complexity index is 859. The summed E-state index contributed by atoms with van der Waals surface area (Å²) in [5.41, 5.74) is 0.941. The van der Waals surface area contributed by atoms with Crippen LogP contribution in [-0.4, -0.2) is 11.8 Å². The van der Waals surface area contributed by atoms with Crippen LogP contribution in [0.3, 0.4) is 0 Å². The summed E-state index contributed by atoms with van der Waals surface area (Å²) in [7, 11) is 0. The predicted octanol–water partition coefficient (Wildman–Crippen LogP) is 5.17. The Labute approximate surface area is 152 Å². The maximum Gasteiger partial charge on any atom is 0.277 e. The Hall–Kier alpha value is -1.52. The van der Waals surface area contributed by atoms with Crippen molar-refractivity contribution in [2.75, 3.05) is 4.90 Å².